The molecule has 0 bridgehead atoms. The van der Waals surface area contributed by atoms with Crippen LogP contribution in [-0.4, -0.2) is 19.1 Å². The quantitative estimate of drug-likeness (QED) is 0.294. The normalized spacial score (nSPS) is 18.5. The molecule has 0 aromatic carbocycles. The van der Waals surface area contributed by atoms with Crippen molar-refractivity contribution in [2.75, 3.05) is 0 Å². The summed E-state index contributed by atoms with van der Waals surface area (Å²) in [6.45, 7) is 4.39. The summed E-state index contributed by atoms with van der Waals surface area (Å²) in [6, 6.07) is 7.77. The number of rotatable bonds is 4. The van der Waals surface area contributed by atoms with Crippen LogP contribution in [0.25, 0.3) is 34.4 Å². The van der Waals surface area contributed by atoms with Crippen molar-refractivity contribution in [2.45, 2.75) is 102 Å². The van der Waals surface area contributed by atoms with E-state index in [9.17, 15) is 30.6 Å². The van der Waals surface area contributed by atoms with Gasteiger partial charge in [0.1, 0.15) is 43.6 Å². The first-order valence-electron chi connectivity index (χ1n) is 17.6. The Hall–Kier alpha value is -4.70. The molecule has 2 spiro atoms. The Morgan fingerprint density at radius 3 is 1.33 bits per heavy atom. The van der Waals surface area contributed by atoms with Gasteiger partial charge in [-0.3, -0.25) is 18.7 Å². The van der Waals surface area contributed by atoms with Crippen molar-refractivity contribution in [3.05, 3.63) is 70.3 Å². The van der Waals surface area contributed by atoms with Gasteiger partial charge in [-0.05, 0) is 62.8 Å². The second kappa shape index (κ2) is 13.1. The van der Waals surface area contributed by atoms with E-state index in [1.54, 1.807) is 22.7 Å². The number of fused-ring (bicyclic) bond motifs is 8. The molecule has 260 valence electrons. The van der Waals surface area contributed by atoms with Crippen LogP contribution in [0.1, 0.15) is 109 Å². The lowest BCUT2D eigenvalue weighted by molar-refractivity contribution is 0.366. The van der Waals surface area contributed by atoms with Crippen LogP contribution in [-0.2, 0) is 23.9 Å². The van der Waals surface area contributed by atoms with E-state index in [-0.39, 0.29) is 33.1 Å². The second-order valence-electron chi connectivity index (χ2n) is 13.6. The van der Waals surface area contributed by atoms with E-state index in [0.29, 0.717) is 31.5 Å². The summed E-state index contributed by atoms with van der Waals surface area (Å²) >= 11 is 5.64. The number of nitriles is 4. The van der Waals surface area contributed by atoms with E-state index in [4.69, 9.17) is 9.97 Å². The van der Waals surface area contributed by atoms with Gasteiger partial charge in [-0.25, -0.2) is 9.97 Å². The predicted molar refractivity (Wildman–Crippen MR) is 204 cm³/mol. The van der Waals surface area contributed by atoms with Gasteiger partial charge >= 0.3 is 0 Å². The topological polar surface area (TPSA) is 165 Å². The monoisotopic (exact) mass is 760 g/mol. The summed E-state index contributed by atoms with van der Waals surface area (Å²) in [5.74, 6) is 0. The molecule has 4 heterocycles. The van der Waals surface area contributed by atoms with Gasteiger partial charge in [0.05, 0.1) is 30.2 Å². The average Bonchev–Trinajstić information content (AvgIpc) is 3.99. The van der Waals surface area contributed by atoms with Crippen LogP contribution in [0.2, 0.25) is 0 Å². The first kappa shape index (κ1) is 34.4. The Kier molecular flexibility index (Phi) is 8.64. The summed E-state index contributed by atoms with van der Waals surface area (Å²) in [7, 11) is 0. The highest BCUT2D eigenvalue weighted by Gasteiger charge is 2.60. The van der Waals surface area contributed by atoms with E-state index < -0.39 is 0 Å². The Balaban J connectivity index is 1.34. The molecule has 2 saturated carbocycles. The third kappa shape index (κ3) is 4.86. The zero-order valence-corrected chi connectivity index (χ0v) is 31.9. The van der Waals surface area contributed by atoms with E-state index in [0.717, 1.165) is 72.8 Å². The fourth-order valence-corrected chi connectivity index (χ4v) is 13.7. The highest BCUT2D eigenvalue weighted by atomic mass is 32.1. The minimum Gasteiger partial charge on any atom is -0.298 e. The number of hydrogen-bond acceptors (Lipinski definition) is 12. The Labute approximate surface area is 314 Å². The van der Waals surface area contributed by atoms with Gasteiger partial charge in [-0.1, -0.05) is 38.5 Å². The Bertz CT molecular complexity index is 2560. The number of allylic oxidation sites excluding steroid dienone is 2. The van der Waals surface area contributed by atoms with Crippen LogP contribution in [0.5, 0.6) is 0 Å². The molecule has 0 radical (unpaired) electrons. The molecule has 2 fully saturated rings. The summed E-state index contributed by atoms with van der Waals surface area (Å²) in [5.41, 5.74) is 3.89. The molecule has 52 heavy (non-hydrogen) atoms. The van der Waals surface area contributed by atoms with Crippen molar-refractivity contribution >= 4 is 79.8 Å². The van der Waals surface area contributed by atoms with Gasteiger partial charge in [0.15, 0.2) is 11.1 Å². The Morgan fingerprint density at radius 1 is 0.635 bits per heavy atom. The number of aromatic nitrogens is 4. The molecule has 0 saturated heterocycles. The molecule has 0 N–H and O–H groups in total. The standard InChI is InChI=1S/C38H32N8O2S4/c1-3-45-33(47)23(49-35(45)21(17-39)18-40)15-25-43-31-29(51-25)27-28(37(31)11-7-5-8-12-37)30-32(38(27)13-9-6-10-14-38)44-26(52-30)16-24-34(48)46(4-2)36(50-24)22(19-41)20-42/h15-16H,3-14H2,1-2H3/b23-15+,24-16+. The van der Waals surface area contributed by atoms with E-state index in [1.165, 1.54) is 65.5 Å². The Morgan fingerprint density at radius 2 is 1.00 bits per heavy atom. The maximum atomic E-state index is 13.5. The lowest BCUT2D eigenvalue weighted by Crippen LogP contribution is -2.31. The van der Waals surface area contributed by atoms with Crippen molar-refractivity contribution < 1.29 is 0 Å². The molecule has 0 unspecified atom stereocenters. The highest BCUT2D eigenvalue weighted by molar-refractivity contribution is 7.16. The number of hydrogen-bond donors (Lipinski definition) is 0. The van der Waals surface area contributed by atoms with Crippen LogP contribution in [0.3, 0.4) is 0 Å². The largest absolute Gasteiger partial charge is 0.298 e. The van der Waals surface area contributed by atoms with Crippen molar-refractivity contribution in [1.82, 2.24) is 19.1 Å². The first-order valence-corrected chi connectivity index (χ1v) is 20.9. The van der Waals surface area contributed by atoms with Crippen LogP contribution in [0, 0.1) is 45.3 Å². The van der Waals surface area contributed by atoms with Gasteiger partial charge in [-0.2, -0.15) is 21.0 Å². The summed E-state index contributed by atoms with van der Waals surface area (Å²) < 4.78 is 4.67. The second-order valence-corrected chi connectivity index (χ2v) is 17.7. The summed E-state index contributed by atoms with van der Waals surface area (Å²) in [6.07, 6.45) is 14.3. The van der Waals surface area contributed by atoms with E-state index >= 15 is 0 Å². The molecule has 0 atom stereocenters. The number of thiazole rings is 4. The van der Waals surface area contributed by atoms with Gasteiger partial charge in [0, 0.05) is 23.9 Å². The average molecular weight is 761 g/mol. The summed E-state index contributed by atoms with van der Waals surface area (Å²) in [5, 5.41) is 39.7. The molecule has 10 nitrogen and oxygen atoms in total. The molecule has 4 aliphatic carbocycles. The molecule has 14 heteroatoms. The van der Waals surface area contributed by atoms with Crippen LogP contribution < -0.4 is 29.5 Å². The minimum atomic E-state index is -0.258. The van der Waals surface area contributed by atoms with Crippen LogP contribution in [0.15, 0.2) is 9.59 Å². The lowest BCUT2D eigenvalue weighted by Gasteiger charge is -2.35. The molecule has 0 amide bonds. The maximum absolute atomic E-state index is 13.5. The molecule has 8 rings (SSSR count). The van der Waals surface area contributed by atoms with Crippen molar-refractivity contribution in [3.63, 3.8) is 0 Å². The zero-order valence-electron chi connectivity index (χ0n) is 28.7. The molecular formula is C38H32N8O2S4. The highest BCUT2D eigenvalue weighted by Crippen LogP contribution is 2.70. The molecule has 4 aliphatic rings. The summed E-state index contributed by atoms with van der Waals surface area (Å²) in [4.78, 5) is 40.1. The number of nitrogens with zero attached hydrogens (tertiary/aromatic N) is 8. The van der Waals surface area contributed by atoms with Crippen molar-refractivity contribution in [1.29, 1.82) is 21.0 Å². The SMILES string of the molecule is CCn1c(=C(C#N)C#N)s/c(=C/c2nc3c(s2)C2=C(c4sc(/C=c5/sc(=C(C#N)C#N)n(CC)c5=O)nc4C24CCCCC4)C32CCCCC2)c1=O. The molecular weight excluding hydrogens is 729 g/mol. The lowest BCUT2D eigenvalue weighted by atomic mass is 9.68. The molecule has 4 aromatic heterocycles. The third-order valence-electron chi connectivity index (χ3n) is 11.1. The van der Waals surface area contributed by atoms with E-state index in [1.807, 2.05) is 50.3 Å². The fraction of sp³-hybridized carbons (Fsp3) is 0.421. The van der Waals surface area contributed by atoms with E-state index in [2.05, 4.69) is 0 Å². The van der Waals surface area contributed by atoms with Crippen LogP contribution >= 0.6 is 45.3 Å². The molecule has 0 aliphatic heterocycles. The van der Waals surface area contributed by atoms with Crippen molar-refractivity contribution in [3.8, 4) is 24.3 Å². The smallest absolute Gasteiger partial charge is 0.269 e. The zero-order chi connectivity index (χ0) is 36.4. The van der Waals surface area contributed by atoms with Gasteiger partial charge < -0.3 is 0 Å². The van der Waals surface area contributed by atoms with Gasteiger partial charge in [0.2, 0.25) is 0 Å². The third-order valence-corrected chi connectivity index (χ3v) is 15.4. The predicted octanol–water partition coefficient (Wildman–Crippen LogP) is 4.48. The first-order chi connectivity index (χ1) is 25.3. The maximum Gasteiger partial charge on any atom is 0.269 e. The fourth-order valence-electron chi connectivity index (χ4n) is 8.90. The van der Waals surface area contributed by atoms with Gasteiger partial charge in [-0.15, -0.1) is 45.3 Å². The van der Waals surface area contributed by atoms with Gasteiger partial charge in [0.25, 0.3) is 11.1 Å². The minimum absolute atomic E-state index is 0.0652. The van der Waals surface area contributed by atoms with Crippen molar-refractivity contribution in [2.24, 2.45) is 0 Å². The molecule has 4 aromatic rings. The van der Waals surface area contributed by atoms with Crippen LogP contribution in [0.4, 0.5) is 0 Å².